The smallest absolute Gasteiger partial charge is 0.207 e. The van der Waals surface area contributed by atoms with Gasteiger partial charge in [-0.3, -0.25) is 0 Å². The number of benzene rings is 1. The van der Waals surface area contributed by atoms with Gasteiger partial charge in [-0.25, -0.2) is 8.42 Å². The minimum atomic E-state index is -3.63. The van der Waals surface area contributed by atoms with E-state index in [1.54, 1.807) is 13.0 Å². The van der Waals surface area contributed by atoms with Crippen LogP contribution in [0.4, 0.5) is 0 Å². The van der Waals surface area contributed by atoms with E-state index < -0.39 is 10.0 Å². The molecule has 0 aromatic heterocycles. The van der Waals surface area contributed by atoms with Crippen molar-refractivity contribution in [1.29, 1.82) is 0 Å². The molecule has 0 aliphatic rings. The minimum absolute atomic E-state index is 0.0126. The first kappa shape index (κ1) is 15.1. The number of hydrogen-bond donors (Lipinski definition) is 0. The molecule has 0 aliphatic heterocycles. The second-order valence-electron chi connectivity index (χ2n) is 3.26. The van der Waals surface area contributed by atoms with E-state index in [1.165, 1.54) is 16.4 Å². The third-order valence-electron chi connectivity index (χ3n) is 2.20. The number of nitrogens with zero attached hydrogens (tertiary/aromatic N) is 1. The number of hydrogen-bond acceptors (Lipinski definition) is 2. The molecule has 0 amide bonds. The van der Waals surface area contributed by atoms with E-state index in [1.807, 2.05) is 0 Å². The Balaban J connectivity index is 3.24. The third-order valence-corrected chi connectivity index (χ3v) is 5.06. The van der Waals surface area contributed by atoms with E-state index in [-0.39, 0.29) is 22.3 Å². The van der Waals surface area contributed by atoms with Crippen LogP contribution in [-0.2, 0) is 10.0 Å². The summed E-state index contributed by atoms with van der Waals surface area (Å²) in [5, 5.41) is 0.484. The average molecular weight is 317 g/mol. The van der Waals surface area contributed by atoms with Gasteiger partial charge in [0.05, 0.1) is 5.02 Å². The van der Waals surface area contributed by atoms with Crippen molar-refractivity contribution >= 4 is 44.8 Å². The monoisotopic (exact) mass is 315 g/mol. The molecule has 3 nitrogen and oxygen atoms in total. The maximum absolute atomic E-state index is 12.3. The zero-order valence-corrected chi connectivity index (χ0v) is 12.2. The van der Waals surface area contributed by atoms with Crippen LogP contribution in [-0.4, -0.2) is 31.7 Å². The van der Waals surface area contributed by atoms with Gasteiger partial charge < -0.3 is 0 Å². The lowest BCUT2D eigenvalue weighted by Crippen LogP contribution is -2.32. The van der Waals surface area contributed by atoms with E-state index in [4.69, 9.17) is 34.8 Å². The highest BCUT2D eigenvalue weighted by Gasteiger charge is 2.25. The van der Waals surface area contributed by atoms with Crippen LogP contribution in [0.15, 0.2) is 23.1 Å². The van der Waals surface area contributed by atoms with Gasteiger partial charge in [0, 0.05) is 24.0 Å². The molecule has 1 rings (SSSR count). The minimum Gasteiger partial charge on any atom is -0.207 e. The summed E-state index contributed by atoms with van der Waals surface area (Å²) in [4.78, 5) is 0.0126. The molecule has 96 valence electrons. The second-order valence-corrected chi connectivity index (χ2v) is 6.39. The molecule has 1 aromatic rings. The third kappa shape index (κ3) is 3.48. The quantitative estimate of drug-likeness (QED) is 0.782. The normalized spacial score (nSPS) is 12.1. The van der Waals surface area contributed by atoms with E-state index >= 15 is 0 Å². The first-order chi connectivity index (χ1) is 7.93. The molecule has 0 N–H and O–H groups in total. The average Bonchev–Trinajstić information content (AvgIpc) is 2.28. The van der Waals surface area contributed by atoms with Crippen molar-refractivity contribution < 1.29 is 8.42 Å². The lowest BCUT2D eigenvalue weighted by Gasteiger charge is -2.20. The molecular weight excluding hydrogens is 305 g/mol. The van der Waals surface area contributed by atoms with Crippen LogP contribution in [0.5, 0.6) is 0 Å². The van der Waals surface area contributed by atoms with Crippen molar-refractivity contribution in [1.82, 2.24) is 4.31 Å². The Hall–Kier alpha value is -0.000000000000000111. The van der Waals surface area contributed by atoms with Gasteiger partial charge in [0.15, 0.2) is 0 Å². The van der Waals surface area contributed by atoms with Crippen LogP contribution in [0.25, 0.3) is 0 Å². The standard InChI is InChI=1S/C10H12Cl3NO2S/c1-2-14(6-5-11)17(15,16)10-7-8(12)3-4-9(10)13/h3-4,7H,2,5-6H2,1H3. The van der Waals surface area contributed by atoms with Gasteiger partial charge >= 0.3 is 0 Å². The SMILES string of the molecule is CCN(CCCl)S(=O)(=O)c1cc(Cl)ccc1Cl. The fourth-order valence-corrected chi connectivity index (χ4v) is 3.85. The molecule has 0 saturated carbocycles. The molecular formula is C10H12Cl3NO2S. The van der Waals surface area contributed by atoms with E-state index in [0.29, 0.717) is 11.6 Å². The predicted octanol–water partition coefficient (Wildman–Crippen LogP) is 3.24. The Bertz CT molecular complexity index is 490. The van der Waals surface area contributed by atoms with Crippen molar-refractivity contribution in [2.24, 2.45) is 0 Å². The maximum Gasteiger partial charge on any atom is 0.244 e. The summed E-state index contributed by atoms with van der Waals surface area (Å²) < 4.78 is 25.8. The Morgan fingerprint density at radius 3 is 2.47 bits per heavy atom. The highest BCUT2D eigenvalue weighted by molar-refractivity contribution is 7.89. The fourth-order valence-electron chi connectivity index (χ4n) is 1.36. The van der Waals surface area contributed by atoms with Crippen LogP contribution in [0, 0.1) is 0 Å². The van der Waals surface area contributed by atoms with E-state index in [2.05, 4.69) is 0 Å². The molecule has 0 spiro atoms. The molecule has 7 heteroatoms. The zero-order chi connectivity index (χ0) is 13.1. The van der Waals surface area contributed by atoms with Gasteiger partial charge in [-0.1, -0.05) is 30.1 Å². The maximum atomic E-state index is 12.3. The summed E-state index contributed by atoms with van der Waals surface area (Å²) in [5.74, 6) is 0.227. The van der Waals surface area contributed by atoms with Crippen molar-refractivity contribution in [3.05, 3.63) is 28.2 Å². The summed E-state index contributed by atoms with van der Waals surface area (Å²) in [6.45, 7) is 2.31. The van der Waals surface area contributed by atoms with Crippen LogP contribution in [0.1, 0.15) is 6.92 Å². The summed E-state index contributed by atoms with van der Waals surface area (Å²) in [6.07, 6.45) is 0. The first-order valence-corrected chi connectivity index (χ1v) is 7.67. The Kier molecular flexibility index (Phi) is 5.54. The highest BCUT2D eigenvalue weighted by Crippen LogP contribution is 2.27. The highest BCUT2D eigenvalue weighted by atomic mass is 35.5. The molecule has 0 bridgehead atoms. The molecule has 0 saturated heterocycles. The van der Waals surface area contributed by atoms with E-state index in [9.17, 15) is 8.42 Å². The molecule has 0 radical (unpaired) electrons. The van der Waals surface area contributed by atoms with Gasteiger partial charge in [-0.15, -0.1) is 11.6 Å². The van der Waals surface area contributed by atoms with Gasteiger partial charge in [-0.05, 0) is 18.2 Å². The molecule has 1 aromatic carbocycles. The van der Waals surface area contributed by atoms with Gasteiger partial charge in [-0.2, -0.15) is 4.31 Å². The first-order valence-electron chi connectivity index (χ1n) is 4.94. The molecule has 0 heterocycles. The van der Waals surface area contributed by atoms with Gasteiger partial charge in [0.1, 0.15) is 4.90 Å². The lowest BCUT2D eigenvalue weighted by atomic mass is 10.4. The summed E-state index contributed by atoms with van der Waals surface area (Å²) in [7, 11) is -3.63. The van der Waals surface area contributed by atoms with Crippen molar-refractivity contribution in [3.8, 4) is 0 Å². The van der Waals surface area contributed by atoms with Crippen molar-refractivity contribution in [3.63, 3.8) is 0 Å². The molecule has 0 aliphatic carbocycles. The van der Waals surface area contributed by atoms with Crippen LogP contribution in [0.3, 0.4) is 0 Å². The number of rotatable bonds is 5. The number of alkyl halides is 1. The largest absolute Gasteiger partial charge is 0.244 e. The molecule has 0 fully saturated rings. The number of sulfonamides is 1. The summed E-state index contributed by atoms with van der Waals surface area (Å²) in [6, 6.07) is 4.35. The van der Waals surface area contributed by atoms with Crippen molar-refractivity contribution in [2.45, 2.75) is 11.8 Å². The van der Waals surface area contributed by atoms with Gasteiger partial charge in [0.25, 0.3) is 0 Å². The van der Waals surface area contributed by atoms with Crippen LogP contribution in [0.2, 0.25) is 10.0 Å². The molecule has 0 unspecified atom stereocenters. The zero-order valence-electron chi connectivity index (χ0n) is 9.16. The Labute approximate surface area is 116 Å². The summed E-state index contributed by atoms with van der Waals surface area (Å²) >= 11 is 17.2. The molecule has 0 atom stereocenters. The predicted molar refractivity (Wildman–Crippen MR) is 71.6 cm³/mol. The van der Waals surface area contributed by atoms with Crippen LogP contribution < -0.4 is 0 Å². The summed E-state index contributed by atoms with van der Waals surface area (Å²) in [5.41, 5.74) is 0. The lowest BCUT2D eigenvalue weighted by molar-refractivity contribution is 0.447. The second kappa shape index (κ2) is 6.25. The van der Waals surface area contributed by atoms with Crippen molar-refractivity contribution in [2.75, 3.05) is 19.0 Å². The molecule has 17 heavy (non-hydrogen) atoms. The number of halogens is 3. The van der Waals surface area contributed by atoms with E-state index in [0.717, 1.165) is 0 Å². The fraction of sp³-hybridized carbons (Fsp3) is 0.400. The van der Waals surface area contributed by atoms with Crippen LogP contribution >= 0.6 is 34.8 Å². The van der Waals surface area contributed by atoms with Gasteiger partial charge in [0.2, 0.25) is 10.0 Å². The topological polar surface area (TPSA) is 37.4 Å². The Morgan fingerprint density at radius 2 is 1.94 bits per heavy atom. The Morgan fingerprint density at radius 1 is 1.29 bits per heavy atom.